The van der Waals surface area contributed by atoms with Gasteiger partial charge in [0.1, 0.15) is 5.75 Å². The Balaban J connectivity index is 1.52. The summed E-state index contributed by atoms with van der Waals surface area (Å²) in [7, 11) is 1.64. The van der Waals surface area contributed by atoms with Gasteiger partial charge in [-0.05, 0) is 72.5 Å². The van der Waals surface area contributed by atoms with E-state index in [1.54, 1.807) is 31.4 Å². The zero-order chi connectivity index (χ0) is 22.3. The molecule has 0 aliphatic carbocycles. The zero-order valence-electron chi connectivity index (χ0n) is 17.9. The van der Waals surface area contributed by atoms with Crippen LogP contribution in [0.1, 0.15) is 23.1 Å². The molecule has 4 rings (SSSR count). The second kappa shape index (κ2) is 9.80. The Labute approximate surface area is 187 Å². The first-order valence-electron chi connectivity index (χ1n) is 10.5. The van der Waals surface area contributed by atoms with Crippen molar-refractivity contribution in [2.24, 2.45) is 11.0 Å². The second-order valence-electron chi connectivity index (χ2n) is 7.64. The summed E-state index contributed by atoms with van der Waals surface area (Å²) < 4.78 is 5.27. The van der Waals surface area contributed by atoms with Gasteiger partial charge in [0.15, 0.2) is 0 Å². The molecular formula is C26H24N4O2. The lowest BCUT2D eigenvalue weighted by Gasteiger charge is -2.16. The van der Waals surface area contributed by atoms with Gasteiger partial charge in [0.05, 0.1) is 31.0 Å². The first-order chi connectivity index (χ1) is 15.7. The predicted octanol–water partition coefficient (Wildman–Crippen LogP) is 5.07. The molecule has 3 aromatic carbocycles. The molecule has 1 aliphatic rings. The molecule has 6 nitrogen and oxygen atoms in total. The largest absolute Gasteiger partial charge is 0.497 e. The van der Waals surface area contributed by atoms with Crippen LogP contribution in [0.4, 0.5) is 10.5 Å². The number of benzene rings is 3. The molecule has 1 atom stereocenters. The summed E-state index contributed by atoms with van der Waals surface area (Å²) in [5.74, 6) is 0.902. The molecule has 1 aliphatic heterocycles. The van der Waals surface area contributed by atoms with Crippen LogP contribution in [0, 0.1) is 17.2 Å². The average Bonchev–Trinajstić information content (AvgIpc) is 3.28. The van der Waals surface area contributed by atoms with Crippen LogP contribution in [-0.4, -0.2) is 30.4 Å². The van der Waals surface area contributed by atoms with E-state index < -0.39 is 0 Å². The van der Waals surface area contributed by atoms with Crippen LogP contribution < -0.4 is 10.1 Å². The van der Waals surface area contributed by atoms with E-state index in [4.69, 9.17) is 10.00 Å². The smallest absolute Gasteiger partial charge is 0.342 e. The predicted molar refractivity (Wildman–Crippen MR) is 125 cm³/mol. The molecule has 0 radical (unpaired) electrons. The van der Waals surface area contributed by atoms with Crippen molar-refractivity contribution in [1.29, 1.82) is 5.26 Å². The fourth-order valence-electron chi connectivity index (χ4n) is 3.76. The van der Waals surface area contributed by atoms with E-state index in [1.807, 2.05) is 42.5 Å². The molecule has 32 heavy (non-hydrogen) atoms. The monoisotopic (exact) mass is 424 g/mol. The highest BCUT2D eigenvalue weighted by Gasteiger charge is 2.31. The van der Waals surface area contributed by atoms with E-state index in [0.29, 0.717) is 17.8 Å². The van der Waals surface area contributed by atoms with Gasteiger partial charge in [-0.1, -0.05) is 30.3 Å². The summed E-state index contributed by atoms with van der Waals surface area (Å²) >= 11 is 0. The number of anilines is 1. The van der Waals surface area contributed by atoms with Crippen LogP contribution in [0.15, 0.2) is 84.0 Å². The van der Waals surface area contributed by atoms with E-state index in [0.717, 1.165) is 29.9 Å². The minimum Gasteiger partial charge on any atom is -0.497 e. The molecule has 160 valence electrons. The third-order valence-electron chi connectivity index (χ3n) is 5.52. The lowest BCUT2D eigenvalue weighted by molar-refractivity contribution is 0.215. The lowest BCUT2D eigenvalue weighted by Crippen LogP contribution is -2.30. The average molecular weight is 425 g/mol. The maximum Gasteiger partial charge on any atom is 0.342 e. The van der Waals surface area contributed by atoms with Crippen LogP contribution in [0.3, 0.4) is 0 Å². The molecule has 6 heteroatoms. The van der Waals surface area contributed by atoms with E-state index in [1.165, 1.54) is 10.6 Å². The number of hydrogen-bond donors (Lipinski definition) is 1. The summed E-state index contributed by atoms with van der Waals surface area (Å²) in [6.07, 6.45) is 1.79. The van der Waals surface area contributed by atoms with Gasteiger partial charge in [0.2, 0.25) is 0 Å². The number of carbonyl (C=O) groups is 1. The third-order valence-corrected chi connectivity index (χ3v) is 5.52. The summed E-state index contributed by atoms with van der Waals surface area (Å²) in [4.78, 5) is 12.9. The van der Waals surface area contributed by atoms with Gasteiger partial charge >= 0.3 is 6.03 Å². The Bertz CT molecular complexity index is 1130. The summed E-state index contributed by atoms with van der Waals surface area (Å²) in [6.45, 7) is 0.510. The van der Waals surface area contributed by atoms with Crippen molar-refractivity contribution in [3.05, 3.63) is 95.6 Å². The van der Waals surface area contributed by atoms with Gasteiger partial charge in [-0.3, -0.25) is 0 Å². The zero-order valence-corrected chi connectivity index (χ0v) is 17.9. The standard InChI is InChI=1S/C26H24N4O2/c1-32-24-15-11-21(12-16-24)25-22(10-7-19-5-3-2-4-6-19)18-30(29-25)26(31)28-23-13-8-20(17-27)9-14-23/h2-6,8-9,11-16,22H,7,10,18H2,1H3,(H,28,31). The highest BCUT2D eigenvalue weighted by atomic mass is 16.5. The number of carbonyl (C=O) groups excluding carboxylic acids is 1. The highest BCUT2D eigenvalue weighted by Crippen LogP contribution is 2.26. The molecule has 1 N–H and O–H groups in total. The van der Waals surface area contributed by atoms with Gasteiger partial charge in [0, 0.05) is 11.6 Å². The molecule has 2 amide bonds. The molecule has 0 fully saturated rings. The highest BCUT2D eigenvalue weighted by molar-refractivity contribution is 6.05. The number of methoxy groups -OCH3 is 1. The Morgan fingerprint density at radius 1 is 1.09 bits per heavy atom. The molecule has 1 heterocycles. The summed E-state index contributed by atoms with van der Waals surface area (Å²) in [5.41, 5.74) is 4.33. The van der Waals surface area contributed by atoms with Crippen molar-refractivity contribution in [1.82, 2.24) is 5.01 Å². The van der Waals surface area contributed by atoms with Gasteiger partial charge < -0.3 is 10.1 Å². The SMILES string of the molecule is COc1ccc(C2=NN(C(=O)Nc3ccc(C#N)cc3)CC2CCc2ccccc2)cc1. The van der Waals surface area contributed by atoms with Gasteiger partial charge in [-0.25, -0.2) is 9.80 Å². The molecule has 3 aromatic rings. The quantitative estimate of drug-likeness (QED) is 0.600. The number of nitrogens with one attached hydrogen (secondary N) is 1. The Hall–Kier alpha value is -4.11. The Kier molecular flexibility index (Phi) is 6.47. The van der Waals surface area contributed by atoms with Gasteiger partial charge in [-0.2, -0.15) is 10.4 Å². The molecule has 0 bridgehead atoms. The number of urea groups is 1. The van der Waals surface area contributed by atoms with Crippen LogP contribution in [0.25, 0.3) is 0 Å². The van der Waals surface area contributed by atoms with Gasteiger partial charge in [0.25, 0.3) is 0 Å². The fourth-order valence-corrected chi connectivity index (χ4v) is 3.76. The molecule has 1 unspecified atom stereocenters. The molecule has 0 saturated carbocycles. The first kappa shape index (κ1) is 21.1. The Morgan fingerprint density at radius 3 is 2.47 bits per heavy atom. The first-order valence-corrected chi connectivity index (χ1v) is 10.5. The topological polar surface area (TPSA) is 77.7 Å². The molecular weight excluding hydrogens is 400 g/mol. The second-order valence-corrected chi connectivity index (χ2v) is 7.64. The number of nitriles is 1. The molecule has 0 spiro atoms. The number of rotatable bonds is 6. The third kappa shape index (κ3) is 4.96. The van der Waals surface area contributed by atoms with Crippen LogP contribution in [0.5, 0.6) is 5.75 Å². The van der Waals surface area contributed by atoms with E-state index in [2.05, 4.69) is 28.6 Å². The number of nitrogens with zero attached hydrogens (tertiary/aromatic N) is 3. The van der Waals surface area contributed by atoms with Crippen molar-refractivity contribution < 1.29 is 9.53 Å². The number of amides is 2. The number of aryl methyl sites for hydroxylation is 1. The van der Waals surface area contributed by atoms with E-state index in [9.17, 15) is 4.79 Å². The van der Waals surface area contributed by atoms with Gasteiger partial charge in [-0.15, -0.1) is 0 Å². The number of hydrogen-bond acceptors (Lipinski definition) is 4. The van der Waals surface area contributed by atoms with Crippen LogP contribution in [0.2, 0.25) is 0 Å². The molecule has 0 saturated heterocycles. The maximum absolute atomic E-state index is 12.9. The maximum atomic E-state index is 12.9. The van der Waals surface area contributed by atoms with Crippen LogP contribution >= 0.6 is 0 Å². The summed E-state index contributed by atoms with van der Waals surface area (Å²) in [5, 5.41) is 18.0. The van der Waals surface area contributed by atoms with Crippen molar-refractivity contribution in [3.63, 3.8) is 0 Å². The summed E-state index contributed by atoms with van der Waals surface area (Å²) in [6, 6.07) is 26.7. The van der Waals surface area contributed by atoms with E-state index >= 15 is 0 Å². The minimum absolute atomic E-state index is 0.121. The van der Waals surface area contributed by atoms with E-state index in [-0.39, 0.29) is 11.9 Å². The van der Waals surface area contributed by atoms with Crippen molar-refractivity contribution in [3.8, 4) is 11.8 Å². The number of ether oxygens (including phenoxy) is 1. The number of hydrazone groups is 1. The van der Waals surface area contributed by atoms with Crippen LogP contribution in [-0.2, 0) is 6.42 Å². The normalized spacial score (nSPS) is 15.1. The fraction of sp³-hybridized carbons (Fsp3) is 0.192. The van der Waals surface area contributed by atoms with Crippen molar-refractivity contribution >= 4 is 17.4 Å². The van der Waals surface area contributed by atoms with Crippen molar-refractivity contribution in [2.75, 3.05) is 19.0 Å². The van der Waals surface area contributed by atoms with Crippen molar-refractivity contribution in [2.45, 2.75) is 12.8 Å². The minimum atomic E-state index is -0.289. The molecule has 0 aromatic heterocycles. The lowest BCUT2D eigenvalue weighted by atomic mass is 9.91. The Morgan fingerprint density at radius 2 is 1.81 bits per heavy atom.